The summed E-state index contributed by atoms with van der Waals surface area (Å²) in [6.45, 7) is 0. The second-order valence-electron chi connectivity index (χ2n) is 2.74. The van der Waals surface area contributed by atoms with Crippen molar-refractivity contribution in [2.45, 2.75) is 6.42 Å². The molecule has 0 spiro atoms. The van der Waals surface area contributed by atoms with Crippen molar-refractivity contribution in [3.05, 3.63) is 33.8 Å². The highest BCUT2D eigenvalue weighted by Gasteiger charge is 2.18. The second kappa shape index (κ2) is 4.48. The van der Waals surface area contributed by atoms with E-state index in [9.17, 15) is 18.4 Å². The molecule has 0 aromatic heterocycles. The molecule has 0 bridgehead atoms. The Balaban J connectivity index is 3.02. The molecule has 0 aliphatic heterocycles. The predicted octanol–water partition coefficient (Wildman–Crippen LogP) is 1.92. The fourth-order valence-corrected chi connectivity index (χ4v) is 1.26. The number of benzene rings is 1. The summed E-state index contributed by atoms with van der Waals surface area (Å²) in [7, 11) is 0. The van der Waals surface area contributed by atoms with Crippen molar-refractivity contribution in [3.8, 4) is 0 Å². The summed E-state index contributed by atoms with van der Waals surface area (Å²) in [6, 6.07) is 2.37. The number of carboxylic acid groups (broad SMARTS) is 1. The molecule has 0 unspecified atom stereocenters. The van der Waals surface area contributed by atoms with Gasteiger partial charge in [0.1, 0.15) is 0 Å². The quantitative estimate of drug-likeness (QED) is 0.679. The predicted molar refractivity (Wildman–Crippen MR) is 50.4 cm³/mol. The first kappa shape index (κ1) is 11.8. The second-order valence-corrected chi connectivity index (χ2v) is 3.59. The molecule has 80 valence electrons. The van der Waals surface area contributed by atoms with Gasteiger partial charge in [-0.3, -0.25) is 4.79 Å². The highest BCUT2D eigenvalue weighted by molar-refractivity contribution is 9.10. The van der Waals surface area contributed by atoms with Gasteiger partial charge < -0.3 is 5.11 Å². The molecule has 6 heteroatoms. The van der Waals surface area contributed by atoms with Gasteiger partial charge in [-0.15, -0.1) is 0 Å². The summed E-state index contributed by atoms with van der Waals surface area (Å²) in [5, 5.41) is 8.28. The number of hydrogen-bond donors (Lipinski definition) is 1. The molecule has 1 aromatic carbocycles. The Hall–Kier alpha value is -1.30. The van der Waals surface area contributed by atoms with E-state index in [1.54, 1.807) is 0 Å². The molecule has 0 amide bonds. The van der Waals surface area contributed by atoms with Crippen LogP contribution >= 0.6 is 15.9 Å². The molecule has 1 N–H and O–H groups in total. The van der Waals surface area contributed by atoms with Crippen LogP contribution in [0, 0.1) is 11.6 Å². The van der Waals surface area contributed by atoms with E-state index >= 15 is 0 Å². The lowest BCUT2D eigenvalue weighted by Crippen LogP contribution is -2.16. The Bertz CT molecular complexity index is 432. The van der Waals surface area contributed by atoms with Crippen molar-refractivity contribution in [2.75, 3.05) is 0 Å². The van der Waals surface area contributed by atoms with Gasteiger partial charge in [-0.2, -0.15) is 0 Å². The molecule has 0 radical (unpaired) electrons. The monoisotopic (exact) mass is 278 g/mol. The van der Waals surface area contributed by atoms with E-state index in [1.165, 1.54) is 6.07 Å². The summed E-state index contributed by atoms with van der Waals surface area (Å²) < 4.78 is 26.0. The van der Waals surface area contributed by atoms with Crippen LogP contribution in [0.2, 0.25) is 0 Å². The lowest BCUT2D eigenvalue weighted by molar-refractivity contribution is -0.148. The highest BCUT2D eigenvalue weighted by atomic mass is 79.9. The standard InChI is InChI=1S/C9H5BrF2O3/c10-5-2-1-4(7(11)8(5)12)3-6(13)9(14)15/h1-2H,3H2,(H,14,15). The number of hydrogen-bond acceptors (Lipinski definition) is 2. The molecule has 0 fully saturated rings. The Labute approximate surface area is 91.8 Å². The number of carbonyl (C=O) groups is 2. The zero-order chi connectivity index (χ0) is 11.6. The normalized spacial score (nSPS) is 10.1. The minimum Gasteiger partial charge on any atom is -0.475 e. The third-order valence-electron chi connectivity index (χ3n) is 1.70. The number of rotatable bonds is 3. The number of carbonyl (C=O) groups excluding carboxylic acids is 1. The van der Waals surface area contributed by atoms with E-state index < -0.39 is 29.8 Å². The van der Waals surface area contributed by atoms with Crippen LogP contribution in [0.1, 0.15) is 5.56 Å². The average Bonchev–Trinajstić information content (AvgIpc) is 2.18. The van der Waals surface area contributed by atoms with Gasteiger partial charge in [-0.25, -0.2) is 13.6 Å². The minimum atomic E-state index is -1.67. The molecule has 0 saturated heterocycles. The van der Waals surface area contributed by atoms with Gasteiger partial charge in [0, 0.05) is 6.42 Å². The van der Waals surface area contributed by atoms with Crippen molar-refractivity contribution < 1.29 is 23.5 Å². The van der Waals surface area contributed by atoms with Crippen molar-refractivity contribution in [2.24, 2.45) is 0 Å². The molecule has 15 heavy (non-hydrogen) atoms. The van der Waals surface area contributed by atoms with E-state index in [2.05, 4.69) is 15.9 Å². The lowest BCUT2D eigenvalue weighted by atomic mass is 10.1. The van der Waals surface area contributed by atoms with Crippen LogP contribution in [0.15, 0.2) is 16.6 Å². The molecular formula is C9H5BrF2O3. The number of aliphatic carboxylic acids is 1. The first-order valence-corrected chi connectivity index (χ1v) is 4.61. The van der Waals surface area contributed by atoms with Crippen LogP contribution in [0.25, 0.3) is 0 Å². The number of Topliss-reactive ketones (excluding diaryl/α,β-unsaturated/α-hetero) is 1. The van der Waals surface area contributed by atoms with Crippen LogP contribution in [0.3, 0.4) is 0 Å². The molecule has 0 aliphatic rings. The van der Waals surface area contributed by atoms with E-state index in [0.29, 0.717) is 0 Å². The van der Waals surface area contributed by atoms with Gasteiger partial charge in [0.2, 0.25) is 5.78 Å². The summed E-state index contributed by atoms with van der Waals surface area (Å²) >= 11 is 2.76. The van der Waals surface area contributed by atoms with Gasteiger partial charge in [-0.1, -0.05) is 6.07 Å². The van der Waals surface area contributed by atoms with Crippen molar-refractivity contribution in [3.63, 3.8) is 0 Å². The van der Waals surface area contributed by atoms with E-state index in [0.717, 1.165) is 6.07 Å². The van der Waals surface area contributed by atoms with Crippen LogP contribution in [0.4, 0.5) is 8.78 Å². The smallest absolute Gasteiger partial charge is 0.372 e. The van der Waals surface area contributed by atoms with Crippen molar-refractivity contribution >= 4 is 27.7 Å². The van der Waals surface area contributed by atoms with Crippen LogP contribution in [0.5, 0.6) is 0 Å². The molecule has 0 saturated carbocycles. The van der Waals surface area contributed by atoms with E-state index in [1.807, 2.05) is 0 Å². The maximum absolute atomic E-state index is 13.1. The van der Waals surface area contributed by atoms with Gasteiger partial charge >= 0.3 is 5.97 Å². The van der Waals surface area contributed by atoms with Gasteiger partial charge in [0.15, 0.2) is 11.6 Å². The van der Waals surface area contributed by atoms with Crippen LogP contribution in [-0.2, 0) is 16.0 Å². The summed E-state index contributed by atoms with van der Waals surface area (Å²) in [5.74, 6) is -5.20. The molecule has 1 rings (SSSR count). The maximum Gasteiger partial charge on any atom is 0.372 e. The average molecular weight is 279 g/mol. The van der Waals surface area contributed by atoms with E-state index in [-0.39, 0.29) is 10.0 Å². The SMILES string of the molecule is O=C(O)C(=O)Cc1ccc(Br)c(F)c1F. The lowest BCUT2D eigenvalue weighted by Gasteiger charge is -2.02. The minimum absolute atomic E-state index is 0.0773. The molecular weight excluding hydrogens is 274 g/mol. The number of ketones is 1. The van der Waals surface area contributed by atoms with Gasteiger partial charge in [0.05, 0.1) is 4.47 Å². The zero-order valence-electron chi connectivity index (χ0n) is 7.26. The Kier molecular flexibility index (Phi) is 3.52. The first-order valence-electron chi connectivity index (χ1n) is 3.82. The zero-order valence-corrected chi connectivity index (χ0v) is 8.85. The third-order valence-corrected chi connectivity index (χ3v) is 2.32. The maximum atomic E-state index is 13.1. The number of carboxylic acids is 1. The topological polar surface area (TPSA) is 54.4 Å². The number of halogens is 3. The summed E-state index contributed by atoms with van der Waals surface area (Å²) in [4.78, 5) is 21.0. The summed E-state index contributed by atoms with van der Waals surface area (Å²) in [6.07, 6.45) is -0.661. The van der Waals surface area contributed by atoms with Crippen LogP contribution in [-0.4, -0.2) is 16.9 Å². The van der Waals surface area contributed by atoms with Crippen molar-refractivity contribution in [1.29, 1.82) is 0 Å². The third kappa shape index (κ3) is 2.59. The fraction of sp³-hybridized carbons (Fsp3) is 0.111. The van der Waals surface area contributed by atoms with E-state index in [4.69, 9.17) is 5.11 Å². The Morgan fingerprint density at radius 1 is 1.27 bits per heavy atom. The Morgan fingerprint density at radius 2 is 1.87 bits per heavy atom. The summed E-state index contributed by atoms with van der Waals surface area (Å²) in [5.41, 5.74) is -0.275. The van der Waals surface area contributed by atoms with Crippen LogP contribution < -0.4 is 0 Å². The molecule has 0 aliphatic carbocycles. The molecule has 3 nitrogen and oxygen atoms in total. The Morgan fingerprint density at radius 3 is 2.40 bits per heavy atom. The molecule has 1 aromatic rings. The molecule has 0 atom stereocenters. The largest absolute Gasteiger partial charge is 0.475 e. The van der Waals surface area contributed by atoms with Crippen molar-refractivity contribution in [1.82, 2.24) is 0 Å². The highest BCUT2D eigenvalue weighted by Crippen LogP contribution is 2.21. The van der Waals surface area contributed by atoms with Gasteiger partial charge in [0.25, 0.3) is 0 Å². The molecule has 0 heterocycles. The van der Waals surface area contributed by atoms with Gasteiger partial charge in [-0.05, 0) is 27.6 Å². The fourth-order valence-electron chi connectivity index (χ4n) is 0.951. The first-order chi connectivity index (χ1) is 6.93.